The molecule has 0 saturated heterocycles. The van der Waals surface area contributed by atoms with Crippen LogP contribution in [0.15, 0.2) is 67.3 Å². The van der Waals surface area contributed by atoms with Gasteiger partial charge in [-0.2, -0.15) is 10.2 Å². The van der Waals surface area contributed by atoms with Crippen LogP contribution in [-0.2, 0) is 7.05 Å². The van der Waals surface area contributed by atoms with E-state index >= 15 is 0 Å². The molecule has 5 nitrogen and oxygen atoms in total. The van der Waals surface area contributed by atoms with E-state index in [9.17, 15) is 8.78 Å². The first-order valence-corrected chi connectivity index (χ1v) is 9.45. The summed E-state index contributed by atoms with van der Waals surface area (Å²) in [5.74, 6) is -1.30. The number of halogens is 3. The van der Waals surface area contributed by atoms with Crippen LogP contribution >= 0.6 is 11.6 Å². The highest BCUT2D eigenvalue weighted by Gasteiger charge is 2.14. The zero-order valence-corrected chi connectivity index (χ0v) is 16.5. The average Bonchev–Trinajstić information content (AvgIpc) is 3.33. The maximum atomic E-state index is 14.3. The van der Waals surface area contributed by atoms with Crippen molar-refractivity contribution in [3.8, 4) is 33.5 Å². The second-order valence-corrected chi connectivity index (χ2v) is 7.28. The predicted molar refractivity (Wildman–Crippen MR) is 111 cm³/mol. The first-order chi connectivity index (χ1) is 14.5. The highest BCUT2D eigenvalue weighted by atomic mass is 35.5. The molecule has 5 rings (SSSR count). The Morgan fingerprint density at radius 3 is 2.47 bits per heavy atom. The van der Waals surface area contributed by atoms with E-state index in [0.29, 0.717) is 11.3 Å². The summed E-state index contributed by atoms with van der Waals surface area (Å²) in [5.41, 5.74) is 4.82. The zero-order valence-electron chi connectivity index (χ0n) is 15.7. The molecule has 1 aromatic carbocycles. The van der Waals surface area contributed by atoms with Gasteiger partial charge in [-0.15, -0.1) is 0 Å². The number of hydrogen-bond donors (Lipinski definition) is 0. The largest absolute Gasteiger partial charge is 0.275 e. The van der Waals surface area contributed by atoms with Gasteiger partial charge < -0.3 is 0 Å². The van der Waals surface area contributed by atoms with Gasteiger partial charge in [-0.3, -0.25) is 4.68 Å². The lowest BCUT2D eigenvalue weighted by molar-refractivity contribution is 0.585. The fourth-order valence-corrected chi connectivity index (χ4v) is 3.65. The summed E-state index contributed by atoms with van der Waals surface area (Å²) in [4.78, 5) is 4.39. The van der Waals surface area contributed by atoms with Gasteiger partial charge in [0.15, 0.2) is 0 Å². The van der Waals surface area contributed by atoms with Crippen LogP contribution in [0.1, 0.15) is 0 Å². The summed E-state index contributed by atoms with van der Waals surface area (Å²) in [6.07, 6.45) is 7.30. The minimum absolute atomic E-state index is 0.206. The SMILES string of the molecule is Cn1cc(-c2ccc3c(-c4cc(-c5ccc(F)cc5F)cc(Cl)n4)cnn3c2)cn1. The van der Waals surface area contributed by atoms with E-state index in [0.717, 1.165) is 28.3 Å². The van der Waals surface area contributed by atoms with E-state index in [1.807, 2.05) is 31.6 Å². The number of aromatic nitrogens is 5. The monoisotopic (exact) mass is 421 g/mol. The molecule has 4 aromatic heterocycles. The molecule has 0 N–H and O–H groups in total. The van der Waals surface area contributed by atoms with Crippen LogP contribution in [0.25, 0.3) is 39.0 Å². The number of benzene rings is 1. The molecule has 0 fully saturated rings. The molecular weight excluding hydrogens is 408 g/mol. The number of pyridine rings is 2. The lowest BCUT2D eigenvalue weighted by Gasteiger charge is -2.07. The van der Waals surface area contributed by atoms with E-state index in [1.54, 1.807) is 33.7 Å². The third-order valence-electron chi connectivity index (χ3n) is 4.87. The van der Waals surface area contributed by atoms with Gasteiger partial charge in [0.25, 0.3) is 0 Å². The molecule has 0 aliphatic rings. The lowest BCUT2D eigenvalue weighted by Crippen LogP contribution is -1.91. The summed E-state index contributed by atoms with van der Waals surface area (Å²) in [7, 11) is 1.86. The number of rotatable bonds is 3. The standard InChI is InChI=1S/C22H14ClF2N5/c1-29-11-15(9-26-29)13-2-5-21-18(10-27-30(21)12-13)20-6-14(7-22(23)28-20)17-4-3-16(24)8-19(17)25/h2-12H,1H3. The van der Waals surface area contributed by atoms with E-state index < -0.39 is 11.6 Å². The van der Waals surface area contributed by atoms with Crippen LogP contribution in [0, 0.1) is 11.6 Å². The van der Waals surface area contributed by atoms with Gasteiger partial charge in [0, 0.05) is 47.8 Å². The number of nitrogens with zero attached hydrogens (tertiary/aromatic N) is 5. The fourth-order valence-electron chi connectivity index (χ4n) is 3.44. The van der Waals surface area contributed by atoms with Gasteiger partial charge in [0.1, 0.15) is 16.8 Å². The molecule has 0 saturated carbocycles. The maximum absolute atomic E-state index is 14.3. The molecule has 0 aliphatic heterocycles. The Morgan fingerprint density at radius 1 is 0.833 bits per heavy atom. The second-order valence-electron chi connectivity index (χ2n) is 6.90. The second kappa shape index (κ2) is 7.03. The molecule has 30 heavy (non-hydrogen) atoms. The molecule has 0 amide bonds. The minimum Gasteiger partial charge on any atom is -0.275 e. The van der Waals surface area contributed by atoms with Crippen molar-refractivity contribution in [3.63, 3.8) is 0 Å². The average molecular weight is 422 g/mol. The van der Waals surface area contributed by atoms with Gasteiger partial charge in [-0.1, -0.05) is 17.7 Å². The predicted octanol–water partition coefficient (Wildman–Crippen LogP) is 5.40. The highest BCUT2D eigenvalue weighted by molar-refractivity contribution is 6.29. The Morgan fingerprint density at radius 2 is 1.70 bits per heavy atom. The van der Waals surface area contributed by atoms with Crippen molar-refractivity contribution in [2.24, 2.45) is 7.05 Å². The number of hydrogen-bond acceptors (Lipinski definition) is 3. The van der Waals surface area contributed by atoms with Gasteiger partial charge in [-0.05, 0) is 35.9 Å². The van der Waals surface area contributed by atoms with Crippen LogP contribution in [0.3, 0.4) is 0 Å². The fraction of sp³-hybridized carbons (Fsp3) is 0.0455. The van der Waals surface area contributed by atoms with E-state index in [-0.39, 0.29) is 10.7 Å². The summed E-state index contributed by atoms with van der Waals surface area (Å²) in [5, 5.41) is 8.83. The van der Waals surface area contributed by atoms with E-state index in [1.165, 1.54) is 12.1 Å². The van der Waals surface area contributed by atoms with Gasteiger partial charge >= 0.3 is 0 Å². The molecule has 5 aromatic rings. The normalized spacial score (nSPS) is 11.3. The van der Waals surface area contributed by atoms with Crippen molar-refractivity contribution in [3.05, 3.63) is 84.0 Å². The highest BCUT2D eigenvalue weighted by Crippen LogP contribution is 2.32. The molecule has 0 aliphatic carbocycles. The van der Waals surface area contributed by atoms with E-state index in [2.05, 4.69) is 15.2 Å². The summed E-state index contributed by atoms with van der Waals surface area (Å²) >= 11 is 6.22. The first-order valence-electron chi connectivity index (χ1n) is 9.08. The van der Waals surface area contributed by atoms with Gasteiger partial charge in [0.2, 0.25) is 0 Å². The van der Waals surface area contributed by atoms with Crippen LogP contribution in [0.4, 0.5) is 8.78 Å². The van der Waals surface area contributed by atoms with Crippen LogP contribution in [0.5, 0.6) is 0 Å². The third-order valence-corrected chi connectivity index (χ3v) is 5.06. The van der Waals surface area contributed by atoms with Gasteiger partial charge in [-0.25, -0.2) is 18.3 Å². The van der Waals surface area contributed by atoms with Crippen molar-refractivity contribution < 1.29 is 8.78 Å². The maximum Gasteiger partial charge on any atom is 0.133 e. The van der Waals surface area contributed by atoms with E-state index in [4.69, 9.17) is 11.6 Å². The van der Waals surface area contributed by atoms with Crippen LogP contribution in [-0.4, -0.2) is 24.4 Å². The van der Waals surface area contributed by atoms with Crippen molar-refractivity contribution in [1.29, 1.82) is 0 Å². The van der Waals surface area contributed by atoms with Crippen molar-refractivity contribution in [2.45, 2.75) is 0 Å². The van der Waals surface area contributed by atoms with Crippen molar-refractivity contribution in [2.75, 3.05) is 0 Å². The quantitative estimate of drug-likeness (QED) is 0.367. The van der Waals surface area contributed by atoms with Crippen molar-refractivity contribution >= 4 is 17.1 Å². The van der Waals surface area contributed by atoms with Gasteiger partial charge in [0.05, 0.1) is 23.6 Å². The third kappa shape index (κ3) is 3.23. The Hall–Kier alpha value is -3.58. The molecule has 0 atom stereocenters. The molecular formula is C22H14ClF2N5. The Kier molecular flexibility index (Phi) is 4.33. The zero-order chi connectivity index (χ0) is 20.8. The van der Waals surface area contributed by atoms with Crippen LogP contribution < -0.4 is 0 Å². The van der Waals surface area contributed by atoms with Crippen molar-refractivity contribution in [1.82, 2.24) is 24.4 Å². The lowest BCUT2D eigenvalue weighted by atomic mass is 10.0. The summed E-state index contributed by atoms with van der Waals surface area (Å²) in [6.45, 7) is 0. The molecule has 8 heteroatoms. The summed E-state index contributed by atoms with van der Waals surface area (Å²) in [6, 6.07) is 10.6. The first kappa shape index (κ1) is 18.4. The molecule has 0 unspecified atom stereocenters. The summed E-state index contributed by atoms with van der Waals surface area (Å²) < 4.78 is 31.0. The molecule has 148 valence electrons. The Balaban J connectivity index is 1.61. The molecule has 0 spiro atoms. The molecule has 0 radical (unpaired) electrons. The Bertz CT molecular complexity index is 1410. The smallest absolute Gasteiger partial charge is 0.133 e. The van der Waals surface area contributed by atoms with Crippen LogP contribution in [0.2, 0.25) is 5.15 Å². The number of aryl methyl sites for hydroxylation is 1. The minimum atomic E-state index is -0.663. The number of fused-ring (bicyclic) bond motifs is 1. The Labute approximate surface area is 175 Å². The molecule has 0 bridgehead atoms. The molecule has 4 heterocycles. The topological polar surface area (TPSA) is 48.0 Å².